The van der Waals surface area contributed by atoms with E-state index < -0.39 is 0 Å². The third kappa shape index (κ3) is 5.63. The van der Waals surface area contributed by atoms with Crippen molar-refractivity contribution >= 4 is 48.7 Å². The summed E-state index contributed by atoms with van der Waals surface area (Å²) in [5.41, 5.74) is 15.1. The molecule has 1 aliphatic carbocycles. The molecule has 0 amide bonds. The molecule has 0 bridgehead atoms. The van der Waals surface area contributed by atoms with Crippen molar-refractivity contribution in [1.29, 1.82) is 0 Å². The Bertz CT molecular complexity index is 583. The molecule has 0 fully saturated rings. The van der Waals surface area contributed by atoms with E-state index in [0.717, 1.165) is 43.8 Å². The molecule has 5 N–H and O–H groups in total. The molecular weight excluding hydrogens is 383 g/mol. The summed E-state index contributed by atoms with van der Waals surface area (Å²) in [6, 6.07) is 4.72. The van der Waals surface area contributed by atoms with E-state index in [1.165, 1.54) is 24.0 Å². The second-order valence-electron chi connectivity index (χ2n) is 6.21. The molecule has 0 saturated heterocycles. The molecule has 1 aliphatic heterocycles. The predicted molar refractivity (Wildman–Crippen MR) is 112 cm³/mol. The summed E-state index contributed by atoms with van der Waals surface area (Å²) in [5.74, 6) is 1.42. The minimum atomic E-state index is -0.140. The van der Waals surface area contributed by atoms with Gasteiger partial charge in [0.25, 0.3) is 0 Å². The van der Waals surface area contributed by atoms with Crippen LogP contribution in [0, 0.1) is 0 Å². The number of benzene rings is 1. The highest BCUT2D eigenvalue weighted by molar-refractivity contribution is 5.90. The second-order valence-corrected chi connectivity index (χ2v) is 6.21. The number of unbranched alkanes of at least 4 members (excludes halogenated alkanes) is 1. The van der Waals surface area contributed by atoms with Crippen molar-refractivity contribution in [3.8, 4) is 5.75 Å². The van der Waals surface area contributed by atoms with Crippen molar-refractivity contribution in [2.24, 2.45) is 16.5 Å². The van der Waals surface area contributed by atoms with Crippen molar-refractivity contribution in [3.05, 3.63) is 23.3 Å². The first-order valence-corrected chi connectivity index (χ1v) is 8.30. The predicted octanol–water partition coefficient (Wildman–Crippen LogP) is 3.43. The lowest BCUT2D eigenvalue weighted by molar-refractivity contribution is 0.281. The molecule has 1 aromatic carbocycles. The third-order valence-electron chi connectivity index (χ3n) is 4.53. The maximum absolute atomic E-state index is 5.91. The van der Waals surface area contributed by atoms with E-state index in [0.29, 0.717) is 11.9 Å². The standard InChI is InChI=1S/C17H26N4O.3ClH/c1-11-17(19)21-15-10-13-12(9-16(15)22-11)5-4-6-14(13)20-8-3-2-7-18;;;/h9-11,14,20H,2-8,18H2,1H3,(H2,19,21);3*1H. The Kier molecular flexibility index (Phi) is 10.8. The Labute approximate surface area is 168 Å². The zero-order valence-corrected chi connectivity index (χ0v) is 16.9. The van der Waals surface area contributed by atoms with Crippen LogP contribution in [0.3, 0.4) is 0 Å². The highest BCUT2D eigenvalue weighted by Gasteiger charge is 2.25. The first kappa shape index (κ1) is 24.3. The number of nitrogens with two attached hydrogens (primary N) is 2. The zero-order chi connectivity index (χ0) is 15.5. The first-order valence-electron chi connectivity index (χ1n) is 8.30. The van der Waals surface area contributed by atoms with Gasteiger partial charge in [0, 0.05) is 6.04 Å². The molecule has 2 aliphatic rings. The molecule has 8 heteroatoms. The van der Waals surface area contributed by atoms with Crippen LogP contribution in [0.25, 0.3) is 0 Å². The fourth-order valence-electron chi connectivity index (χ4n) is 3.24. The van der Waals surface area contributed by atoms with Gasteiger partial charge >= 0.3 is 0 Å². The molecule has 0 saturated carbocycles. The summed E-state index contributed by atoms with van der Waals surface area (Å²) in [6.45, 7) is 3.71. The normalized spacial score (nSPS) is 20.5. The molecule has 0 spiro atoms. The SMILES string of the molecule is CC1Oc2cc3c(cc2N=C1N)C(NCCCCN)CCC3.Cl.Cl.Cl. The quantitative estimate of drug-likeness (QED) is 0.648. The molecule has 2 atom stereocenters. The Morgan fingerprint density at radius 3 is 2.72 bits per heavy atom. The summed E-state index contributed by atoms with van der Waals surface area (Å²) < 4.78 is 5.87. The monoisotopic (exact) mass is 410 g/mol. The fourth-order valence-corrected chi connectivity index (χ4v) is 3.24. The van der Waals surface area contributed by atoms with Crippen molar-refractivity contribution in [1.82, 2.24) is 5.32 Å². The van der Waals surface area contributed by atoms with Crippen LogP contribution in [0.5, 0.6) is 5.75 Å². The van der Waals surface area contributed by atoms with Gasteiger partial charge in [-0.1, -0.05) is 0 Å². The number of nitrogens with zero attached hydrogens (tertiary/aromatic N) is 1. The molecule has 5 nitrogen and oxygen atoms in total. The minimum absolute atomic E-state index is 0. The molecule has 144 valence electrons. The third-order valence-corrected chi connectivity index (χ3v) is 4.53. The van der Waals surface area contributed by atoms with Crippen LogP contribution >= 0.6 is 37.2 Å². The maximum atomic E-state index is 5.91. The lowest BCUT2D eigenvalue weighted by Gasteiger charge is -2.29. The molecule has 1 aromatic rings. The topological polar surface area (TPSA) is 85.7 Å². The second kappa shape index (κ2) is 11.1. The van der Waals surface area contributed by atoms with E-state index >= 15 is 0 Å². The number of hydrogen-bond donors (Lipinski definition) is 3. The smallest absolute Gasteiger partial charge is 0.153 e. The summed E-state index contributed by atoms with van der Waals surface area (Å²) in [5, 5.41) is 3.66. The number of amidine groups is 1. The summed E-state index contributed by atoms with van der Waals surface area (Å²) in [7, 11) is 0. The number of nitrogens with one attached hydrogen (secondary N) is 1. The van der Waals surface area contributed by atoms with Gasteiger partial charge in [0.1, 0.15) is 17.3 Å². The molecule has 0 aromatic heterocycles. The highest BCUT2D eigenvalue weighted by Crippen LogP contribution is 2.40. The van der Waals surface area contributed by atoms with E-state index in [4.69, 9.17) is 16.2 Å². The van der Waals surface area contributed by atoms with Crippen molar-refractivity contribution in [3.63, 3.8) is 0 Å². The minimum Gasteiger partial charge on any atom is -0.481 e. The lowest BCUT2D eigenvalue weighted by atomic mass is 9.86. The lowest BCUT2D eigenvalue weighted by Crippen LogP contribution is -2.33. The zero-order valence-electron chi connectivity index (χ0n) is 14.5. The van der Waals surface area contributed by atoms with Crippen LogP contribution in [0.4, 0.5) is 5.69 Å². The van der Waals surface area contributed by atoms with Crippen LogP contribution < -0.4 is 21.5 Å². The number of aryl methyl sites for hydroxylation is 1. The van der Waals surface area contributed by atoms with E-state index in [2.05, 4.69) is 22.4 Å². The first-order chi connectivity index (χ1) is 10.7. The summed E-state index contributed by atoms with van der Waals surface area (Å²) in [4.78, 5) is 4.50. The van der Waals surface area contributed by atoms with E-state index in [1.807, 2.05) is 6.92 Å². The Balaban J connectivity index is 0.00000192. The molecule has 1 heterocycles. The molecule has 0 radical (unpaired) electrons. The molecule has 25 heavy (non-hydrogen) atoms. The van der Waals surface area contributed by atoms with E-state index in [-0.39, 0.29) is 43.3 Å². The van der Waals surface area contributed by atoms with Crippen molar-refractivity contribution in [2.45, 2.75) is 51.2 Å². The van der Waals surface area contributed by atoms with Gasteiger partial charge in [0.05, 0.1) is 0 Å². The van der Waals surface area contributed by atoms with Crippen LogP contribution in [-0.2, 0) is 6.42 Å². The highest BCUT2D eigenvalue weighted by atomic mass is 35.5. The molecular formula is C17H29Cl3N4O. The number of aliphatic imine (C=N–C) groups is 1. The van der Waals surface area contributed by atoms with Gasteiger partial charge in [0.15, 0.2) is 6.10 Å². The van der Waals surface area contributed by atoms with Crippen molar-refractivity contribution in [2.75, 3.05) is 13.1 Å². The van der Waals surface area contributed by atoms with Gasteiger partial charge in [0.2, 0.25) is 0 Å². The Hall–Kier alpha value is -0.720. The van der Waals surface area contributed by atoms with Crippen LogP contribution in [0.2, 0.25) is 0 Å². The Morgan fingerprint density at radius 1 is 1.24 bits per heavy atom. The van der Waals surface area contributed by atoms with Crippen LogP contribution in [0.1, 0.15) is 49.8 Å². The fraction of sp³-hybridized carbons (Fsp3) is 0.588. The van der Waals surface area contributed by atoms with Crippen LogP contribution in [-0.4, -0.2) is 25.0 Å². The number of fused-ring (bicyclic) bond motifs is 2. The Morgan fingerprint density at radius 2 is 2.00 bits per heavy atom. The average molecular weight is 412 g/mol. The van der Waals surface area contributed by atoms with Gasteiger partial charge in [-0.2, -0.15) is 0 Å². The summed E-state index contributed by atoms with van der Waals surface area (Å²) >= 11 is 0. The van der Waals surface area contributed by atoms with E-state index in [9.17, 15) is 0 Å². The average Bonchev–Trinajstić information content (AvgIpc) is 2.51. The van der Waals surface area contributed by atoms with Gasteiger partial charge in [-0.05, 0) is 75.4 Å². The molecule has 2 unspecified atom stereocenters. The number of ether oxygens (including phenoxy) is 1. The van der Waals surface area contributed by atoms with Crippen molar-refractivity contribution < 1.29 is 4.74 Å². The molecule has 3 rings (SSSR count). The number of halogens is 3. The maximum Gasteiger partial charge on any atom is 0.153 e. The van der Waals surface area contributed by atoms with Gasteiger partial charge in [-0.15, -0.1) is 37.2 Å². The van der Waals surface area contributed by atoms with Gasteiger partial charge in [-0.25, -0.2) is 4.99 Å². The number of hydrogen-bond acceptors (Lipinski definition) is 5. The summed E-state index contributed by atoms with van der Waals surface area (Å²) in [6.07, 6.45) is 5.55. The van der Waals surface area contributed by atoms with Gasteiger partial charge < -0.3 is 21.5 Å². The largest absolute Gasteiger partial charge is 0.481 e. The number of rotatable bonds is 5. The van der Waals surface area contributed by atoms with E-state index in [1.54, 1.807) is 0 Å². The van der Waals surface area contributed by atoms with Crippen LogP contribution in [0.15, 0.2) is 17.1 Å². The van der Waals surface area contributed by atoms with Gasteiger partial charge in [-0.3, -0.25) is 0 Å².